The Balaban J connectivity index is 1.74. The number of aromatic amines is 1. The zero-order chi connectivity index (χ0) is 17.1. The van der Waals surface area contributed by atoms with Crippen molar-refractivity contribution in [3.05, 3.63) is 74.2 Å². The van der Waals surface area contributed by atoms with Crippen LogP contribution in [0.15, 0.2) is 53.3 Å². The Morgan fingerprint density at radius 2 is 1.88 bits per heavy atom. The van der Waals surface area contributed by atoms with Gasteiger partial charge >= 0.3 is 0 Å². The fraction of sp³-hybridized carbons (Fsp3) is 0.118. The second-order valence-corrected chi connectivity index (χ2v) is 6.02. The molecule has 24 heavy (non-hydrogen) atoms. The lowest BCUT2D eigenvalue weighted by atomic mass is 10.2. The standard InChI is InChI=1S/C17H14ClN3O2S/c18-12-7-5-11(6-8-12)15(22)19-9-10-21-16(23)13-3-1-2-4-14(13)20-17(21)24/h1-8H,9-10H2,(H,19,22)(H,20,24). The highest BCUT2D eigenvalue weighted by Crippen LogP contribution is 2.09. The molecule has 0 aliphatic carbocycles. The summed E-state index contributed by atoms with van der Waals surface area (Å²) in [6, 6.07) is 13.8. The van der Waals surface area contributed by atoms with Crippen molar-refractivity contribution in [2.75, 3.05) is 6.54 Å². The molecule has 0 spiro atoms. The smallest absolute Gasteiger partial charge is 0.262 e. The number of H-pyrrole nitrogens is 1. The topological polar surface area (TPSA) is 66.9 Å². The fourth-order valence-corrected chi connectivity index (χ4v) is 2.80. The van der Waals surface area contributed by atoms with Crippen LogP contribution in [-0.2, 0) is 6.54 Å². The third kappa shape index (κ3) is 3.39. The summed E-state index contributed by atoms with van der Waals surface area (Å²) < 4.78 is 1.78. The van der Waals surface area contributed by atoms with Crippen molar-refractivity contribution < 1.29 is 4.79 Å². The molecule has 1 amide bonds. The Labute approximate surface area is 147 Å². The van der Waals surface area contributed by atoms with E-state index in [1.807, 2.05) is 6.07 Å². The van der Waals surface area contributed by atoms with Crippen LogP contribution in [0.5, 0.6) is 0 Å². The van der Waals surface area contributed by atoms with Crippen LogP contribution in [0.1, 0.15) is 10.4 Å². The molecular formula is C17H14ClN3O2S. The Kier molecular flexibility index (Phi) is 4.78. The second-order valence-electron chi connectivity index (χ2n) is 5.20. The highest BCUT2D eigenvalue weighted by molar-refractivity contribution is 7.71. The van der Waals surface area contributed by atoms with Gasteiger partial charge in [0.25, 0.3) is 11.5 Å². The Morgan fingerprint density at radius 3 is 2.62 bits per heavy atom. The van der Waals surface area contributed by atoms with Gasteiger partial charge in [-0.3, -0.25) is 14.2 Å². The fourth-order valence-electron chi connectivity index (χ4n) is 2.39. The van der Waals surface area contributed by atoms with Gasteiger partial charge in [-0.2, -0.15) is 0 Å². The first-order valence-electron chi connectivity index (χ1n) is 7.32. The van der Waals surface area contributed by atoms with Crippen molar-refractivity contribution in [1.29, 1.82) is 0 Å². The lowest BCUT2D eigenvalue weighted by molar-refractivity contribution is 0.0952. The zero-order valence-corrected chi connectivity index (χ0v) is 14.2. The average molecular weight is 360 g/mol. The predicted molar refractivity (Wildman–Crippen MR) is 97.2 cm³/mol. The molecule has 0 bridgehead atoms. The van der Waals surface area contributed by atoms with E-state index in [0.29, 0.717) is 32.8 Å². The van der Waals surface area contributed by atoms with Crippen LogP contribution in [0, 0.1) is 4.77 Å². The quantitative estimate of drug-likeness (QED) is 0.703. The van der Waals surface area contributed by atoms with Gasteiger partial charge in [-0.1, -0.05) is 23.7 Å². The number of rotatable bonds is 4. The molecule has 0 saturated heterocycles. The van der Waals surface area contributed by atoms with Crippen LogP contribution in [0.25, 0.3) is 10.9 Å². The number of halogens is 1. The highest BCUT2D eigenvalue weighted by Gasteiger charge is 2.07. The Bertz CT molecular complexity index is 1010. The Morgan fingerprint density at radius 1 is 1.17 bits per heavy atom. The molecule has 0 aliphatic heterocycles. The summed E-state index contributed by atoms with van der Waals surface area (Å²) in [6.07, 6.45) is 0. The highest BCUT2D eigenvalue weighted by atomic mass is 35.5. The maximum Gasteiger partial charge on any atom is 0.262 e. The van der Waals surface area contributed by atoms with Gasteiger partial charge in [0.2, 0.25) is 0 Å². The number of amides is 1. The van der Waals surface area contributed by atoms with Crippen LogP contribution < -0.4 is 10.9 Å². The molecule has 2 aromatic carbocycles. The minimum Gasteiger partial charge on any atom is -0.350 e. The van der Waals surface area contributed by atoms with Crippen molar-refractivity contribution in [2.45, 2.75) is 6.54 Å². The largest absolute Gasteiger partial charge is 0.350 e. The maximum absolute atomic E-state index is 12.5. The summed E-state index contributed by atoms with van der Waals surface area (Å²) in [5.74, 6) is -0.226. The molecule has 0 atom stereocenters. The summed E-state index contributed by atoms with van der Waals surface area (Å²) in [5.41, 5.74) is 1.04. The maximum atomic E-state index is 12.5. The molecule has 122 valence electrons. The number of nitrogens with zero attached hydrogens (tertiary/aromatic N) is 1. The molecule has 0 aliphatic rings. The average Bonchev–Trinajstić information content (AvgIpc) is 2.58. The molecule has 2 N–H and O–H groups in total. The van der Waals surface area contributed by atoms with E-state index in [1.165, 1.54) is 4.57 Å². The van der Waals surface area contributed by atoms with Crippen molar-refractivity contribution in [1.82, 2.24) is 14.9 Å². The normalized spacial score (nSPS) is 10.7. The molecule has 1 aromatic heterocycles. The third-order valence-electron chi connectivity index (χ3n) is 3.62. The first-order valence-corrected chi connectivity index (χ1v) is 8.10. The zero-order valence-electron chi connectivity index (χ0n) is 12.6. The van der Waals surface area contributed by atoms with E-state index < -0.39 is 0 Å². The predicted octanol–water partition coefficient (Wildman–Crippen LogP) is 3.14. The molecule has 0 unspecified atom stereocenters. The first-order chi connectivity index (χ1) is 11.6. The molecule has 5 nitrogen and oxygen atoms in total. The molecule has 3 aromatic rings. The van der Waals surface area contributed by atoms with Crippen LogP contribution >= 0.6 is 23.8 Å². The number of carbonyl (C=O) groups excluding carboxylic acids is 1. The lowest BCUT2D eigenvalue weighted by Crippen LogP contribution is -2.31. The number of carbonyl (C=O) groups is 1. The molecule has 1 heterocycles. The number of hydrogen-bond acceptors (Lipinski definition) is 3. The second kappa shape index (κ2) is 6.98. The molecule has 0 radical (unpaired) electrons. The first kappa shape index (κ1) is 16.4. The minimum absolute atomic E-state index is 0.171. The van der Waals surface area contributed by atoms with Gasteiger partial charge in [0.05, 0.1) is 10.9 Å². The SMILES string of the molecule is O=C(NCCn1c(=S)[nH]c2ccccc2c1=O)c1ccc(Cl)cc1. The molecule has 0 saturated carbocycles. The van der Waals surface area contributed by atoms with E-state index in [4.69, 9.17) is 23.8 Å². The Hall–Kier alpha value is -2.44. The van der Waals surface area contributed by atoms with Gasteiger partial charge in [0, 0.05) is 23.7 Å². The number of para-hydroxylation sites is 1. The van der Waals surface area contributed by atoms with Gasteiger partial charge in [-0.25, -0.2) is 0 Å². The summed E-state index contributed by atoms with van der Waals surface area (Å²) in [6.45, 7) is 0.579. The van der Waals surface area contributed by atoms with Crippen LogP contribution in [0.4, 0.5) is 0 Å². The van der Waals surface area contributed by atoms with Gasteiger partial charge in [-0.05, 0) is 48.6 Å². The molecule has 0 fully saturated rings. The number of nitrogens with one attached hydrogen (secondary N) is 2. The number of benzene rings is 2. The lowest BCUT2D eigenvalue weighted by Gasteiger charge is -2.09. The summed E-state index contributed by atoms with van der Waals surface area (Å²) in [5, 5.41) is 3.90. The summed E-state index contributed by atoms with van der Waals surface area (Å²) in [7, 11) is 0. The van der Waals surface area contributed by atoms with Gasteiger partial charge in [0.15, 0.2) is 4.77 Å². The number of aromatic nitrogens is 2. The van der Waals surface area contributed by atoms with Crippen molar-refractivity contribution in [2.24, 2.45) is 0 Å². The van der Waals surface area contributed by atoms with E-state index in [1.54, 1.807) is 42.5 Å². The molecule has 7 heteroatoms. The van der Waals surface area contributed by atoms with E-state index in [9.17, 15) is 9.59 Å². The van der Waals surface area contributed by atoms with Gasteiger partial charge in [0.1, 0.15) is 0 Å². The van der Waals surface area contributed by atoms with Crippen molar-refractivity contribution in [3.63, 3.8) is 0 Å². The van der Waals surface area contributed by atoms with E-state index in [-0.39, 0.29) is 18.0 Å². The van der Waals surface area contributed by atoms with E-state index >= 15 is 0 Å². The number of hydrogen-bond donors (Lipinski definition) is 2. The van der Waals surface area contributed by atoms with Gasteiger partial charge in [-0.15, -0.1) is 0 Å². The molecule has 3 rings (SSSR count). The molecular weight excluding hydrogens is 346 g/mol. The summed E-state index contributed by atoms with van der Waals surface area (Å²) in [4.78, 5) is 27.6. The van der Waals surface area contributed by atoms with Crippen LogP contribution in [-0.4, -0.2) is 22.0 Å². The van der Waals surface area contributed by atoms with E-state index in [2.05, 4.69) is 10.3 Å². The van der Waals surface area contributed by atoms with Crippen LogP contribution in [0.3, 0.4) is 0 Å². The van der Waals surface area contributed by atoms with Gasteiger partial charge < -0.3 is 10.3 Å². The monoisotopic (exact) mass is 359 g/mol. The van der Waals surface area contributed by atoms with E-state index in [0.717, 1.165) is 0 Å². The van der Waals surface area contributed by atoms with Crippen molar-refractivity contribution in [3.8, 4) is 0 Å². The summed E-state index contributed by atoms with van der Waals surface area (Å²) >= 11 is 11.0. The van der Waals surface area contributed by atoms with Crippen molar-refractivity contribution >= 4 is 40.6 Å². The van der Waals surface area contributed by atoms with Crippen LogP contribution in [0.2, 0.25) is 5.02 Å². The minimum atomic E-state index is -0.226. The number of fused-ring (bicyclic) bond motifs is 1. The third-order valence-corrected chi connectivity index (χ3v) is 4.19.